The van der Waals surface area contributed by atoms with Crippen LogP contribution < -0.4 is 10.5 Å². The summed E-state index contributed by atoms with van der Waals surface area (Å²) in [5.41, 5.74) is 4.65. The largest absolute Gasteiger partial charge is 0.399 e. The average molecular weight is 315 g/mol. The third-order valence-corrected chi connectivity index (χ3v) is 4.88. The van der Waals surface area contributed by atoms with Crippen molar-refractivity contribution in [3.63, 3.8) is 0 Å². The standard InChI is InChI=1S/C12H17N3O3S2/c1-12(16,8-19-2)7-15-20(17,18)11-4-3-10(14)5-9(11)6-13/h3-5,15-16H,7-8,14H2,1-2H3. The fourth-order valence-corrected chi connectivity index (χ4v) is 3.58. The van der Waals surface area contributed by atoms with Crippen molar-refractivity contribution in [3.8, 4) is 6.07 Å². The van der Waals surface area contributed by atoms with Gasteiger partial charge < -0.3 is 10.8 Å². The number of hydrogen-bond acceptors (Lipinski definition) is 6. The lowest BCUT2D eigenvalue weighted by Crippen LogP contribution is -2.42. The first kappa shape index (κ1) is 16.8. The zero-order valence-corrected chi connectivity index (χ0v) is 12.9. The van der Waals surface area contributed by atoms with Gasteiger partial charge in [0.25, 0.3) is 0 Å². The molecular formula is C12H17N3O3S2. The molecule has 4 N–H and O–H groups in total. The lowest BCUT2D eigenvalue weighted by molar-refractivity contribution is 0.0908. The highest BCUT2D eigenvalue weighted by Gasteiger charge is 2.25. The number of rotatable bonds is 6. The highest BCUT2D eigenvalue weighted by atomic mass is 32.2. The van der Waals surface area contributed by atoms with Crippen LogP contribution in [0.5, 0.6) is 0 Å². The van der Waals surface area contributed by atoms with Crippen molar-refractivity contribution in [1.29, 1.82) is 5.26 Å². The van der Waals surface area contributed by atoms with Gasteiger partial charge in [-0.3, -0.25) is 0 Å². The van der Waals surface area contributed by atoms with E-state index in [1.54, 1.807) is 13.0 Å². The van der Waals surface area contributed by atoms with Gasteiger partial charge in [0, 0.05) is 18.0 Å². The third-order valence-electron chi connectivity index (χ3n) is 2.51. The van der Waals surface area contributed by atoms with Gasteiger partial charge in [-0.15, -0.1) is 0 Å². The van der Waals surface area contributed by atoms with Gasteiger partial charge in [0.1, 0.15) is 6.07 Å². The summed E-state index contributed by atoms with van der Waals surface area (Å²) in [5.74, 6) is 0.391. The summed E-state index contributed by atoms with van der Waals surface area (Å²) in [7, 11) is -3.87. The Labute approximate surface area is 123 Å². The number of nitrogen functional groups attached to an aromatic ring is 1. The van der Waals surface area contributed by atoms with Gasteiger partial charge in [-0.25, -0.2) is 13.1 Å². The number of nitriles is 1. The van der Waals surface area contributed by atoms with Crippen LogP contribution in [-0.2, 0) is 10.0 Å². The van der Waals surface area contributed by atoms with Crippen LogP contribution >= 0.6 is 11.8 Å². The normalized spacial score (nSPS) is 14.5. The van der Waals surface area contributed by atoms with E-state index in [1.807, 2.05) is 6.26 Å². The zero-order chi connectivity index (χ0) is 15.4. The van der Waals surface area contributed by atoms with Crippen molar-refractivity contribution < 1.29 is 13.5 Å². The summed E-state index contributed by atoms with van der Waals surface area (Å²) >= 11 is 1.41. The summed E-state index contributed by atoms with van der Waals surface area (Å²) in [6, 6.07) is 5.79. The Morgan fingerprint density at radius 1 is 1.55 bits per heavy atom. The summed E-state index contributed by atoms with van der Waals surface area (Å²) in [6.07, 6.45) is 1.82. The van der Waals surface area contributed by atoms with E-state index in [0.29, 0.717) is 11.4 Å². The maximum Gasteiger partial charge on any atom is 0.241 e. The summed E-state index contributed by atoms with van der Waals surface area (Å²) in [5, 5.41) is 18.9. The molecule has 110 valence electrons. The molecule has 1 aromatic rings. The number of sulfonamides is 1. The van der Waals surface area contributed by atoms with E-state index in [9.17, 15) is 13.5 Å². The SMILES string of the molecule is CSCC(C)(O)CNS(=O)(=O)c1ccc(N)cc1C#N. The van der Waals surface area contributed by atoms with E-state index in [4.69, 9.17) is 11.0 Å². The predicted molar refractivity (Wildman–Crippen MR) is 79.8 cm³/mol. The number of thioether (sulfide) groups is 1. The Hall–Kier alpha value is -1.27. The van der Waals surface area contributed by atoms with E-state index in [-0.39, 0.29) is 17.0 Å². The Balaban J connectivity index is 2.99. The fourth-order valence-electron chi connectivity index (χ4n) is 1.56. The molecule has 0 saturated carbocycles. The molecule has 0 amide bonds. The number of benzene rings is 1. The molecule has 0 aliphatic heterocycles. The predicted octanol–water partition coefficient (Wildman–Crippen LogP) is 0.533. The second-order valence-corrected chi connectivity index (χ2v) is 7.22. The van der Waals surface area contributed by atoms with E-state index in [2.05, 4.69) is 4.72 Å². The van der Waals surface area contributed by atoms with Crippen LogP contribution in [0, 0.1) is 11.3 Å². The first-order chi connectivity index (χ1) is 9.22. The minimum atomic E-state index is -3.87. The van der Waals surface area contributed by atoms with Crippen LogP contribution in [0.4, 0.5) is 5.69 Å². The van der Waals surface area contributed by atoms with Gasteiger partial charge >= 0.3 is 0 Å². The third kappa shape index (κ3) is 4.38. The number of nitrogens with two attached hydrogens (primary N) is 1. The van der Waals surface area contributed by atoms with Gasteiger partial charge in [0.2, 0.25) is 10.0 Å². The van der Waals surface area contributed by atoms with Gasteiger partial charge in [0.05, 0.1) is 16.1 Å². The lowest BCUT2D eigenvalue weighted by atomic mass is 10.1. The van der Waals surface area contributed by atoms with Gasteiger partial charge in [0.15, 0.2) is 0 Å². The van der Waals surface area contributed by atoms with Gasteiger partial charge in [-0.05, 0) is 31.4 Å². The molecule has 20 heavy (non-hydrogen) atoms. The van der Waals surface area contributed by atoms with Crippen molar-refractivity contribution in [2.45, 2.75) is 17.4 Å². The first-order valence-corrected chi connectivity index (χ1v) is 8.60. The molecule has 1 atom stereocenters. The van der Waals surface area contributed by atoms with Crippen molar-refractivity contribution in [2.75, 3.05) is 24.3 Å². The highest BCUT2D eigenvalue weighted by molar-refractivity contribution is 7.98. The highest BCUT2D eigenvalue weighted by Crippen LogP contribution is 2.18. The molecule has 0 aliphatic carbocycles. The molecular weight excluding hydrogens is 298 g/mol. The number of nitrogens with one attached hydrogen (secondary N) is 1. The van der Waals surface area contributed by atoms with Crippen LogP contribution in [-0.4, -0.2) is 37.7 Å². The Morgan fingerprint density at radius 2 is 2.20 bits per heavy atom. The van der Waals surface area contributed by atoms with Crippen molar-refractivity contribution in [1.82, 2.24) is 4.72 Å². The van der Waals surface area contributed by atoms with Crippen molar-refractivity contribution >= 4 is 27.5 Å². The molecule has 0 aromatic heterocycles. The minimum Gasteiger partial charge on any atom is -0.399 e. The number of hydrogen-bond donors (Lipinski definition) is 3. The maximum atomic E-state index is 12.2. The number of anilines is 1. The summed E-state index contributed by atoms with van der Waals surface area (Å²) < 4.78 is 26.6. The van der Waals surface area contributed by atoms with Crippen LogP contribution in [0.3, 0.4) is 0 Å². The molecule has 0 spiro atoms. The Bertz CT molecular complexity index is 621. The molecule has 8 heteroatoms. The van der Waals surface area contributed by atoms with E-state index < -0.39 is 15.6 Å². The Kier molecular flexibility index (Phi) is 5.42. The quantitative estimate of drug-likeness (QED) is 0.660. The molecule has 0 radical (unpaired) electrons. The minimum absolute atomic E-state index is 0.0259. The lowest BCUT2D eigenvalue weighted by Gasteiger charge is -2.22. The molecule has 0 saturated heterocycles. The number of aliphatic hydroxyl groups is 1. The molecule has 1 aromatic carbocycles. The van der Waals surface area contributed by atoms with Gasteiger partial charge in [-0.1, -0.05) is 0 Å². The molecule has 1 unspecified atom stereocenters. The van der Waals surface area contributed by atoms with Crippen LogP contribution in [0.25, 0.3) is 0 Å². The van der Waals surface area contributed by atoms with Gasteiger partial charge in [-0.2, -0.15) is 17.0 Å². The van der Waals surface area contributed by atoms with E-state index in [1.165, 1.54) is 30.0 Å². The molecule has 0 bridgehead atoms. The molecule has 0 fully saturated rings. The molecule has 6 nitrogen and oxygen atoms in total. The molecule has 0 heterocycles. The summed E-state index contributed by atoms with van der Waals surface area (Å²) in [4.78, 5) is -0.144. The van der Waals surface area contributed by atoms with E-state index in [0.717, 1.165) is 0 Å². The second-order valence-electron chi connectivity index (χ2n) is 4.62. The topological polar surface area (TPSA) is 116 Å². The molecule has 1 rings (SSSR count). The van der Waals surface area contributed by atoms with Crippen molar-refractivity contribution in [3.05, 3.63) is 23.8 Å². The monoisotopic (exact) mass is 315 g/mol. The second kappa shape index (κ2) is 6.45. The van der Waals surface area contributed by atoms with Crippen molar-refractivity contribution in [2.24, 2.45) is 0 Å². The van der Waals surface area contributed by atoms with Crippen LogP contribution in [0.1, 0.15) is 12.5 Å². The van der Waals surface area contributed by atoms with Crippen LogP contribution in [0.2, 0.25) is 0 Å². The maximum absolute atomic E-state index is 12.2. The first-order valence-electron chi connectivity index (χ1n) is 5.72. The Morgan fingerprint density at radius 3 is 2.75 bits per heavy atom. The van der Waals surface area contributed by atoms with E-state index >= 15 is 0 Å². The summed E-state index contributed by atoms with van der Waals surface area (Å²) in [6.45, 7) is 1.41. The zero-order valence-electron chi connectivity index (χ0n) is 11.3. The van der Waals surface area contributed by atoms with Crippen LogP contribution in [0.15, 0.2) is 23.1 Å². The fraction of sp³-hybridized carbons (Fsp3) is 0.417. The smallest absolute Gasteiger partial charge is 0.241 e. The average Bonchev–Trinajstić information content (AvgIpc) is 2.36. The molecule has 0 aliphatic rings. The number of nitrogens with zero attached hydrogens (tertiary/aromatic N) is 1.